The molecule has 18 heavy (non-hydrogen) atoms. The SMILES string of the molecule is CNCc1nc(Oc2ccc(Cl)cc2)ccc1Cl. The average molecular weight is 283 g/mol. The quantitative estimate of drug-likeness (QED) is 0.924. The van der Waals surface area contributed by atoms with Crippen LogP contribution in [0.25, 0.3) is 0 Å². The van der Waals surface area contributed by atoms with Crippen LogP contribution in [0.5, 0.6) is 11.6 Å². The molecule has 0 atom stereocenters. The van der Waals surface area contributed by atoms with E-state index in [-0.39, 0.29) is 0 Å². The van der Waals surface area contributed by atoms with Crippen molar-refractivity contribution in [2.45, 2.75) is 6.54 Å². The smallest absolute Gasteiger partial charge is 0.219 e. The van der Waals surface area contributed by atoms with Crippen LogP contribution in [0, 0.1) is 0 Å². The number of halogens is 2. The lowest BCUT2D eigenvalue weighted by Gasteiger charge is -2.08. The lowest BCUT2D eigenvalue weighted by Crippen LogP contribution is -2.07. The third-order valence-electron chi connectivity index (χ3n) is 2.27. The first-order valence-corrected chi connectivity index (χ1v) is 6.18. The largest absolute Gasteiger partial charge is 0.439 e. The molecule has 0 spiro atoms. The minimum absolute atomic E-state index is 0.506. The van der Waals surface area contributed by atoms with E-state index >= 15 is 0 Å². The van der Waals surface area contributed by atoms with Gasteiger partial charge in [-0.25, -0.2) is 4.98 Å². The third-order valence-corrected chi connectivity index (χ3v) is 2.87. The number of benzene rings is 1. The average Bonchev–Trinajstić information content (AvgIpc) is 2.37. The highest BCUT2D eigenvalue weighted by atomic mass is 35.5. The highest BCUT2D eigenvalue weighted by Gasteiger charge is 2.05. The van der Waals surface area contributed by atoms with E-state index in [4.69, 9.17) is 27.9 Å². The predicted molar refractivity (Wildman–Crippen MR) is 73.5 cm³/mol. The van der Waals surface area contributed by atoms with Crippen molar-refractivity contribution >= 4 is 23.2 Å². The zero-order valence-electron chi connectivity index (χ0n) is 9.78. The van der Waals surface area contributed by atoms with Crippen molar-refractivity contribution in [1.29, 1.82) is 0 Å². The first kappa shape index (κ1) is 13.1. The van der Waals surface area contributed by atoms with Gasteiger partial charge in [0.1, 0.15) is 5.75 Å². The zero-order valence-corrected chi connectivity index (χ0v) is 11.3. The van der Waals surface area contributed by atoms with Gasteiger partial charge in [-0.3, -0.25) is 0 Å². The van der Waals surface area contributed by atoms with Gasteiger partial charge >= 0.3 is 0 Å². The summed E-state index contributed by atoms with van der Waals surface area (Å²) in [5.74, 6) is 1.19. The molecule has 0 radical (unpaired) electrons. The number of hydrogen-bond donors (Lipinski definition) is 1. The van der Waals surface area contributed by atoms with E-state index in [0.717, 1.165) is 5.69 Å². The molecule has 0 unspecified atom stereocenters. The molecule has 3 nitrogen and oxygen atoms in total. The molecule has 1 aromatic carbocycles. The number of hydrogen-bond acceptors (Lipinski definition) is 3. The van der Waals surface area contributed by atoms with Crippen LogP contribution < -0.4 is 10.1 Å². The minimum Gasteiger partial charge on any atom is -0.439 e. The lowest BCUT2D eigenvalue weighted by molar-refractivity contribution is 0.460. The molecule has 0 saturated carbocycles. The van der Waals surface area contributed by atoms with E-state index in [1.807, 2.05) is 7.05 Å². The summed E-state index contributed by atoms with van der Waals surface area (Å²) in [6.45, 7) is 0.594. The number of pyridine rings is 1. The van der Waals surface area contributed by atoms with Crippen molar-refractivity contribution in [1.82, 2.24) is 10.3 Å². The van der Waals surface area contributed by atoms with Gasteiger partial charge in [0.2, 0.25) is 5.88 Å². The standard InChI is InChI=1S/C13H12Cl2N2O/c1-16-8-12-11(15)6-7-13(17-12)18-10-4-2-9(14)3-5-10/h2-7,16H,8H2,1H3. The zero-order chi connectivity index (χ0) is 13.0. The lowest BCUT2D eigenvalue weighted by atomic mass is 10.3. The van der Waals surface area contributed by atoms with E-state index in [2.05, 4.69) is 10.3 Å². The molecule has 1 heterocycles. The van der Waals surface area contributed by atoms with Gasteiger partial charge in [0, 0.05) is 17.6 Å². The maximum Gasteiger partial charge on any atom is 0.219 e. The van der Waals surface area contributed by atoms with Crippen molar-refractivity contribution in [3.8, 4) is 11.6 Å². The molecule has 0 aliphatic heterocycles. The van der Waals surface area contributed by atoms with E-state index in [0.29, 0.717) is 28.2 Å². The van der Waals surface area contributed by atoms with Crippen molar-refractivity contribution in [3.63, 3.8) is 0 Å². The van der Waals surface area contributed by atoms with Crippen LogP contribution in [0.1, 0.15) is 5.69 Å². The Hall–Kier alpha value is -1.29. The molecule has 94 valence electrons. The van der Waals surface area contributed by atoms with Gasteiger partial charge in [-0.15, -0.1) is 0 Å². The van der Waals surface area contributed by atoms with Gasteiger partial charge in [0.15, 0.2) is 0 Å². The number of rotatable bonds is 4. The van der Waals surface area contributed by atoms with Crippen LogP contribution in [0.3, 0.4) is 0 Å². The topological polar surface area (TPSA) is 34.2 Å². The molecule has 5 heteroatoms. The molecule has 0 bridgehead atoms. The summed E-state index contributed by atoms with van der Waals surface area (Å²) < 4.78 is 5.62. The normalized spacial score (nSPS) is 10.4. The van der Waals surface area contributed by atoms with Crippen LogP contribution in [0.2, 0.25) is 10.0 Å². The first-order valence-electron chi connectivity index (χ1n) is 5.42. The van der Waals surface area contributed by atoms with Crippen LogP contribution in [0.4, 0.5) is 0 Å². The Bertz CT molecular complexity index is 529. The van der Waals surface area contributed by atoms with Gasteiger partial charge in [-0.05, 0) is 37.4 Å². The van der Waals surface area contributed by atoms with Gasteiger partial charge in [0.25, 0.3) is 0 Å². The van der Waals surface area contributed by atoms with Gasteiger partial charge in [-0.1, -0.05) is 23.2 Å². The fourth-order valence-electron chi connectivity index (χ4n) is 1.44. The Balaban J connectivity index is 2.18. The van der Waals surface area contributed by atoms with Crippen LogP contribution in [-0.4, -0.2) is 12.0 Å². The second-order valence-electron chi connectivity index (χ2n) is 3.66. The van der Waals surface area contributed by atoms with Crippen molar-refractivity contribution in [3.05, 3.63) is 52.1 Å². The molecule has 2 rings (SSSR count). The Morgan fingerprint density at radius 3 is 2.50 bits per heavy atom. The van der Waals surface area contributed by atoms with E-state index in [9.17, 15) is 0 Å². The fraction of sp³-hybridized carbons (Fsp3) is 0.154. The van der Waals surface area contributed by atoms with Gasteiger partial charge in [-0.2, -0.15) is 0 Å². The molecule has 0 aliphatic carbocycles. The predicted octanol–water partition coefficient (Wildman–Crippen LogP) is 3.90. The summed E-state index contributed by atoms with van der Waals surface area (Å²) in [6, 6.07) is 10.6. The molecule has 0 fully saturated rings. The molecule has 2 aromatic rings. The van der Waals surface area contributed by atoms with Crippen LogP contribution >= 0.6 is 23.2 Å². The van der Waals surface area contributed by atoms with Gasteiger partial charge in [0.05, 0.1) is 10.7 Å². The molecular weight excluding hydrogens is 271 g/mol. The number of nitrogens with zero attached hydrogens (tertiary/aromatic N) is 1. The van der Waals surface area contributed by atoms with Crippen molar-refractivity contribution in [2.75, 3.05) is 7.05 Å². The summed E-state index contributed by atoms with van der Waals surface area (Å²) in [7, 11) is 1.84. The van der Waals surface area contributed by atoms with E-state index in [1.54, 1.807) is 36.4 Å². The molecule has 1 N–H and O–H groups in total. The molecular formula is C13H12Cl2N2O. The Morgan fingerprint density at radius 2 is 1.83 bits per heavy atom. The van der Waals surface area contributed by atoms with E-state index < -0.39 is 0 Å². The van der Waals surface area contributed by atoms with Crippen LogP contribution in [-0.2, 0) is 6.54 Å². The summed E-state index contributed by atoms with van der Waals surface area (Å²) in [4.78, 5) is 4.33. The fourth-order valence-corrected chi connectivity index (χ4v) is 1.73. The Labute approximate surface area is 116 Å². The second-order valence-corrected chi connectivity index (χ2v) is 4.51. The summed E-state index contributed by atoms with van der Waals surface area (Å²) >= 11 is 11.8. The minimum atomic E-state index is 0.506. The number of aromatic nitrogens is 1. The highest BCUT2D eigenvalue weighted by Crippen LogP contribution is 2.24. The number of nitrogens with one attached hydrogen (secondary N) is 1. The maximum atomic E-state index is 6.02. The summed E-state index contributed by atoms with van der Waals surface area (Å²) in [6.07, 6.45) is 0. The van der Waals surface area contributed by atoms with Crippen molar-refractivity contribution in [2.24, 2.45) is 0 Å². The first-order chi connectivity index (χ1) is 8.69. The van der Waals surface area contributed by atoms with Gasteiger partial charge < -0.3 is 10.1 Å². The molecule has 0 aliphatic rings. The summed E-state index contributed by atoms with van der Waals surface area (Å²) in [5, 5.41) is 4.29. The monoisotopic (exact) mass is 282 g/mol. The number of ether oxygens (including phenoxy) is 1. The Morgan fingerprint density at radius 1 is 1.11 bits per heavy atom. The van der Waals surface area contributed by atoms with Crippen molar-refractivity contribution < 1.29 is 4.74 Å². The van der Waals surface area contributed by atoms with Crippen LogP contribution in [0.15, 0.2) is 36.4 Å². The van der Waals surface area contributed by atoms with E-state index in [1.165, 1.54) is 0 Å². The maximum absolute atomic E-state index is 6.02. The molecule has 1 aromatic heterocycles. The summed E-state index contributed by atoms with van der Waals surface area (Å²) in [5.41, 5.74) is 0.755. The molecule has 0 amide bonds. The second kappa shape index (κ2) is 6.05. The molecule has 0 saturated heterocycles. The highest BCUT2D eigenvalue weighted by molar-refractivity contribution is 6.31. The Kier molecular flexibility index (Phi) is 4.42. The third kappa shape index (κ3) is 3.35.